The van der Waals surface area contributed by atoms with Crippen molar-refractivity contribution in [2.45, 2.75) is 19.8 Å². The van der Waals surface area contributed by atoms with Gasteiger partial charge in [0.05, 0.1) is 4.92 Å². The van der Waals surface area contributed by atoms with E-state index >= 15 is 0 Å². The standard InChI is InChI=1S/C16H15NO4/c1-11(2)13-5-3-4-6-15(13)21-16-8-7-12(10-18)9-14(16)17(19)20/h3-11H,1-2H3. The van der Waals surface area contributed by atoms with Crippen molar-refractivity contribution >= 4 is 12.0 Å². The van der Waals surface area contributed by atoms with Crippen molar-refractivity contribution in [3.05, 3.63) is 63.7 Å². The van der Waals surface area contributed by atoms with Gasteiger partial charge in [0.1, 0.15) is 12.0 Å². The van der Waals surface area contributed by atoms with E-state index in [4.69, 9.17) is 4.74 Å². The van der Waals surface area contributed by atoms with E-state index in [9.17, 15) is 14.9 Å². The Morgan fingerprint density at radius 3 is 2.48 bits per heavy atom. The molecule has 0 aliphatic rings. The van der Waals surface area contributed by atoms with Gasteiger partial charge in [0.15, 0.2) is 0 Å². The third-order valence-electron chi connectivity index (χ3n) is 3.08. The molecule has 5 nitrogen and oxygen atoms in total. The lowest BCUT2D eigenvalue weighted by Gasteiger charge is -2.13. The van der Waals surface area contributed by atoms with Crippen molar-refractivity contribution < 1.29 is 14.5 Å². The Morgan fingerprint density at radius 1 is 1.14 bits per heavy atom. The SMILES string of the molecule is CC(C)c1ccccc1Oc1ccc(C=O)cc1[N+](=O)[O-]. The van der Waals surface area contributed by atoms with E-state index in [1.807, 2.05) is 32.0 Å². The summed E-state index contributed by atoms with van der Waals surface area (Å²) in [5.41, 5.74) is 0.982. The Labute approximate surface area is 122 Å². The van der Waals surface area contributed by atoms with Crippen molar-refractivity contribution in [3.63, 3.8) is 0 Å². The molecule has 0 aliphatic heterocycles. The Balaban J connectivity index is 2.45. The van der Waals surface area contributed by atoms with Gasteiger partial charge in [-0.3, -0.25) is 14.9 Å². The van der Waals surface area contributed by atoms with E-state index in [1.54, 1.807) is 6.07 Å². The van der Waals surface area contributed by atoms with E-state index in [2.05, 4.69) is 0 Å². The molecule has 0 unspecified atom stereocenters. The molecular formula is C16H15NO4. The fourth-order valence-electron chi connectivity index (χ4n) is 2.01. The number of ether oxygens (including phenoxy) is 1. The molecule has 0 bridgehead atoms. The number of aldehydes is 1. The summed E-state index contributed by atoms with van der Waals surface area (Å²) in [6, 6.07) is 11.5. The second kappa shape index (κ2) is 6.17. The Kier molecular flexibility index (Phi) is 4.33. The molecular weight excluding hydrogens is 270 g/mol. The molecule has 0 N–H and O–H groups in total. The van der Waals surface area contributed by atoms with Crippen LogP contribution in [0.3, 0.4) is 0 Å². The fraction of sp³-hybridized carbons (Fsp3) is 0.188. The summed E-state index contributed by atoms with van der Waals surface area (Å²) < 4.78 is 5.71. The highest BCUT2D eigenvalue weighted by Gasteiger charge is 2.18. The number of rotatable bonds is 5. The number of nitrogens with zero attached hydrogens (tertiary/aromatic N) is 1. The topological polar surface area (TPSA) is 69.4 Å². The maximum Gasteiger partial charge on any atom is 0.312 e. The Bertz CT molecular complexity index is 680. The average molecular weight is 285 g/mol. The van der Waals surface area contributed by atoms with Gasteiger partial charge < -0.3 is 4.74 Å². The summed E-state index contributed by atoms with van der Waals surface area (Å²) in [6.45, 7) is 4.04. The van der Waals surface area contributed by atoms with Crippen molar-refractivity contribution in [3.8, 4) is 11.5 Å². The molecule has 2 rings (SSSR count). The molecule has 5 heteroatoms. The smallest absolute Gasteiger partial charge is 0.312 e. The average Bonchev–Trinajstić information content (AvgIpc) is 2.47. The molecule has 0 aliphatic carbocycles. The summed E-state index contributed by atoms with van der Waals surface area (Å²) in [6.07, 6.45) is 0.568. The summed E-state index contributed by atoms with van der Waals surface area (Å²) in [5, 5.41) is 11.1. The number of para-hydroxylation sites is 1. The second-order valence-electron chi connectivity index (χ2n) is 4.90. The largest absolute Gasteiger partial charge is 0.450 e. The lowest BCUT2D eigenvalue weighted by molar-refractivity contribution is -0.385. The number of carbonyl (C=O) groups is 1. The number of hydrogen-bond donors (Lipinski definition) is 0. The highest BCUT2D eigenvalue weighted by molar-refractivity contribution is 5.77. The molecule has 0 atom stereocenters. The van der Waals surface area contributed by atoms with Crippen LogP contribution >= 0.6 is 0 Å². The molecule has 21 heavy (non-hydrogen) atoms. The molecule has 2 aromatic rings. The van der Waals surface area contributed by atoms with E-state index in [0.29, 0.717) is 12.0 Å². The van der Waals surface area contributed by atoms with Gasteiger partial charge in [-0.2, -0.15) is 0 Å². The zero-order chi connectivity index (χ0) is 15.4. The summed E-state index contributed by atoms with van der Waals surface area (Å²) in [5.74, 6) is 0.933. The van der Waals surface area contributed by atoms with Crippen LogP contribution in [0.2, 0.25) is 0 Å². The number of carbonyl (C=O) groups excluding carboxylic acids is 1. The van der Waals surface area contributed by atoms with E-state index < -0.39 is 4.92 Å². The predicted molar refractivity (Wildman–Crippen MR) is 79.1 cm³/mol. The minimum atomic E-state index is -0.555. The van der Waals surface area contributed by atoms with Crippen molar-refractivity contribution in [2.75, 3.05) is 0 Å². The van der Waals surface area contributed by atoms with Crippen LogP contribution in [0, 0.1) is 10.1 Å². The quantitative estimate of drug-likeness (QED) is 0.466. The van der Waals surface area contributed by atoms with Crippen LogP contribution in [-0.4, -0.2) is 11.2 Å². The minimum Gasteiger partial charge on any atom is -0.450 e. The highest BCUT2D eigenvalue weighted by atomic mass is 16.6. The molecule has 108 valence electrons. The molecule has 0 spiro atoms. The van der Waals surface area contributed by atoms with Crippen molar-refractivity contribution in [2.24, 2.45) is 0 Å². The third-order valence-corrected chi connectivity index (χ3v) is 3.08. The molecule has 0 aromatic heterocycles. The van der Waals surface area contributed by atoms with E-state index in [0.717, 1.165) is 5.56 Å². The van der Waals surface area contributed by atoms with Gasteiger partial charge in [-0.05, 0) is 29.7 Å². The van der Waals surface area contributed by atoms with Crippen LogP contribution in [-0.2, 0) is 0 Å². The first-order valence-corrected chi connectivity index (χ1v) is 6.53. The monoisotopic (exact) mass is 285 g/mol. The summed E-state index contributed by atoms with van der Waals surface area (Å²) in [7, 11) is 0. The maximum absolute atomic E-state index is 11.1. The van der Waals surface area contributed by atoms with Crippen molar-refractivity contribution in [1.82, 2.24) is 0 Å². The van der Waals surface area contributed by atoms with Crippen LogP contribution in [0.25, 0.3) is 0 Å². The fourth-order valence-corrected chi connectivity index (χ4v) is 2.01. The lowest BCUT2D eigenvalue weighted by atomic mass is 10.0. The molecule has 0 radical (unpaired) electrons. The Hall–Kier alpha value is -2.69. The lowest BCUT2D eigenvalue weighted by Crippen LogP contribution is -1.98. The zero-order valence-corrected chi connectivity index (χ0v) is 11.8. The van der Waals surface area contributed by atoms with Crippen LogP contribution in [0.15, 0.2) is 42.5 Å². The maximum atomic E-state index is 11.1. The minimum absolute atomic E-state index is 0.124. The summed E-state index contributed by atoms with van der Waals surface area (Å²) >= 11 is 0. The van der Waals surface area contributed by atoms with Crippen LogP contribution in [0.4, 0.5) is 5.69 Å². The van der Waals surface area contributed by atoms with Gasteiger partial charge in [-0.25, -0.2) is 0 Å². The van der Waals surface area contributed by atoms with Gasteiger partial charge in [0.2, 0.25) is 5.75 Å². The number of nitro groups is 1. The van der Waals surface area contributed by atoms with Crippen LogP contribution in [0.1, 0.15) is 35.7 Å². The molecule has 0 fully saturated rings. The van der Waals surface area contributed by atoms with E-state index in [-0.39, 0.29) is 22.9 Å². The first-order valence-electron chi connectivity index (χ1n) is 6.53. The number of nitro benzene ring substituents is 1. The first-order chi connectivity index (χ1) is 10.0. The van der Waals surface area contributed by atoms with Crippen LogP contribution < -0.4 is 4.74 Å². The van der Waals surface area contributed by atoms with Crippen molar-refractivity contribution in [1.29, 1.82) is 0 Å². The number of hydrogen-bond acceptors (Lipinski definition) is 4. The van der Waals surface area contributed by atoms with Crippen LogP contribution in [0.5, 0.6) is 11.5 Å². The van der Waals surface area contributed by atoms with E-state index in [1.165, 1.54) is 18.2 Å². The van der Waals surface area contributed by atoms with Gasteiger partial charge >= 0.3 is 5.69 Å². The molecule has 0 heterocycles. The first kappa shape index (κ1) is 14.7. The third kappa shape index (κ3) is 3.25. The molecule has 0 amide bonds. The molecule has 2 aromatic carbocycles. The Morgan fingerprint density at radius 2 is 1.86 bits per heavy atom. The highest BCUT2D eigenvalue weighted by Crippen LogP contribution is 2.35. The number of benzene rings is 2. The van der Waals surface area contributed by atoms with Gasteiger partial charge in [-0.15, -0.1) is 0 Å². The molecule has 0 saturated heterocycles. The molecule has 0 saturated carbocycles. The predicted octanol–water partition coefficient (Wildman–Crippen LogP) is 4.32. The second-order valence-corrected chi connectivity index (χ2v) is 4.90. The zero-order valence-electron chi connectivity index (χ0n) is 11.8. The normalized spacial score (nSPS) is 10.4. The van der Waals surface area contributed by atoms with Gasteiger partial charge in [0, 0.05) is 11.6 Å². The van der Waals surface area contributed by atoms with Gasteiger partial charge in [0.25, 0.3) is 0 Å². The van der Waals surface area contributed by atoms with Gasteiger partial charge in [-0.1, -0.05) is 32.0 Å². The summed E-state index contributed by atoms with van der Waals surface area (Å²) in [4.78, 5) is 21.3.